The highest BCUT2D eigenvalue weighted by atomic mass is 127. The topological polar surface area (TPSA) is 60.8 Å². The van der Waals surface area contributed by atoms with E-state index in [1.807, 2.05) is 29.2 Å². The summed E-state index contributed by atoms with van der Waals surface area (Å²) in [5, 5.41) is 18.6. The molecule has 2 N–H and O–H groups in total. The maximum Gasteiger partial charge on any atom is 0.321 e. The third-order valence-corrected chi connectivity index (χ3v) is 3.68. The lowest BCUT2D eigenvalue weighted by Crippen LogP contribution is -2.35. The van der Waals surface area contributed by atoms with E-state index in [4.69, 9.17) is 5.11 Å². The van der Waals surface area contributed by atoms with E-state index in [1.54, 1.807) is 0 Å². The largest absolute Gasteiger partial charge is 0.480 e. The number of benzene rings is 1. The van der Waals surface area contributed by atoms with Crippen molar-refractivity contribution < 1.29 is 15.0 Å². The molecule has 1 aromatic rings. The maximum absolute atomic E-state index is 11.0. The van der Waals surface area contributed by atoms with Crippen LogP contribution in [0.25, 0.3) is 0 Å². The Balaban J connectivity index is 2.07. The molecule has 1 fully saturated rings. The summed E-state index contributed by atoms with van der Waals surface area (Å²) in [6.45, 7) is 1.01. The van der Waals surface area contributed by atoms with Gasteiger partial charge in [-0.3, -0.25) is 9.69 Å². The Morgan fingerprint density at radius 3 is 2.65 bits per heavy atom. The Kier molecular flexibility index (Phi) is 4.01. The molecule has 2 unspecified atom stereocenters. The number of hydrogen-bond donors (Lipinski definition) is 2. The third-order valence-electron chi connectivity index (χ3n) is 2.97. The van der Waals surface area contributed by atoms with Crippen LogP contribution in [0.15, 0.2) is 24.3 Å². The molecule has 0 bridgehead atoms. The van der Waals surface area contributed by atoms with Crippen LogP contribution in [0.2, 0.25) is 0 Å². The molecule has 1 aromatic carbocycles. The second-order valence-corrected chi connectivity index (χ2v) is 5.55. The molecule has 2 rings (SSSR count). The van der Waals surface area contributed by atoms with Gasteiger partial charge in [-0.25, -0.2) is 0 Å². The lowest BCUT2D eigenvalue weighted by Gasteiger charge is -2.20. The van der Waals surface area contributed by atoms with Gasteiger partial charge in [0.05, 0.1) is 6.10 Å². The van der Waals surface area contributed by atoms with E-state index in [0.717, 1.165) is 9.13 Å². The van der Waals surface area contributed by atoms with Crippen molar-refractivity contribution >= 4 is 28.6 Å². The second-order valence-electron chi connectivity index (χ2n) is 4.30. The van der Waals surface area contributed by atoms with Crippen molar-refractivity contribution in [3.05, 3.63) is 33.4 Å². The SMILES string of the molecule is O=C(O)C1CC(O)CN1Cc1ccc(I)cc1. The van der Waals surface area contributed by atoms with Crippen molar-refractivity contribution in [2.45, 2.75) is 25.1 Å². The van der Waals surface area contributed by atoms with Crippen molar-refractivity contribution in [3.8, 4) is 0 Å². The number of aliphatic hydroxyl groups is 1. The molecule has 0 aliphatic carbocycles. The second kappa shape index (κ2) is 5.32. The number of likely N-dealkylation sites (tertiary alicyclic amines) is 1. The van der Waals surface area contributed by atoms with Crippen LogP contribution in [0.5, 0.6) is 0 Å². The van der Waals surface area contributed by atoms with Crippen molar-refractivity contribution in [1.29, 1.82) is 0 Å². The number of hydrogen-bond acceptors (Lipinski definition) is 3. The fraction of sp³-hybridized carbons (Fsp3) is 0.417. The van der Waals surface area contributed by atoms with Gasteiger partial charge < -0.3 is 10.2 Å². The zero-order valence-electron chi connectivity index (χ0n) is 9.21. The number of carboxylic acids is 1. The summed E-state index contributed by atoms with van der Waals surface area (Å²) < 4.78 is 1.16. The molecule has 1 saturated heterocycles. The first-order valence-corrected chi connectivity index (χ1v) is 6.53. The van der Waals surface area contributed by atoms with Crippen LogP contribution in [-0.2, 0) is 11.3 Å². The lowest BCUT2D eigenvalue weighted by atomic mass is 10.2. The predicted molar refractivity (Wildman–Crippen MR) is 71.6 cm³/mol. The van der Waals surface area contributed by atoms with Crippen molar-refractivity contribution in [2.75, 3.05) is 6.54 Å². The summed E-state index contributed by atoms with van der Waals surface area (Å²) in [5.41, 5.74) is 1.07. The minimum Gasteiger partial charge on any atom is -0.480 e. The van der Waals surface area contributed by atoms with Gasteiger partial charge in [0.2, 0.25) is 0 Å². The molecule has 1 heterocycles. The lowest BCUT2D eigenvalue weighted by molar-refractivity contribution is -0.142. The highest BCUT2D eigenvalue weighted by molar-refractivity contribution is 14.1. The maximum atomic E-state index is 11.0. The van der Waals surface area contributed by atoms with Crippen LogP contribution < -0.4 is 0 Å². The van der Waals surface area contributed by atoms with Crippen molar-refractivity contribution in [1.82, 2.24) is 4.90 Å². The number of nitrogens with zero attached hydrogens (tertiary/aromatic N) is 1. The minimum absolute atomic E-state index is 0.319. The number of carbonyl (C=O) groups is 1. The van der Waals surface area contributed by atoms with Gasteiger partial charge in [0.1, 0.15) is 6.04 Å². The quantitative estimate of drug-likeness (QED) is 0.810. The molecular weight excluding hydrogens is 333 g/mol. The number of aliphatic carboxylic acids is 1. The van der Waals surface area contributed by atoms with Crippen molar-refractivity contribution in [2.24, 2.45) is 0 Å². The number of carboxylic acid groups (broad SMARTS) is 1. The molecule has 0 amide bonds. The fourth-order valence-corrected chi connectivity index (χ4v) is 2.49. The zero-order valence-corrected chi connectivity index (χ0v) is 11.4. The van der Waals surface area contributed by atoms with E-state index < -0.39 is 18.1 Å². The summed E-state index contributed by atoms with van der Waals surface area (Å²) in [5.74, 6) is -0.855. The Labute approximate surface area is 113 Å². The molecule has 0 radical (unpaired) electrons. The highest BCUT2D eigenvalue weighted by Crippen LogP contribution is 2.21. The molecule has 0 saturated carbocycles. The van der Waals surface area contributed by atoms with Gasteiger partial charge in [-0.1, -0.05) is 12.1 Å². The number of β-amino-alcohol motifs (C(OH)–C–C–N with tert-alkyl or cyclic N) is 1. The number of rotatable bonds is 3. The smallest absolute Gasteiger partial charge is 0.321 e. The number of aliphatic hydroxyl groups excluding tert-OH is 1. The predicted octanol–water partition coefficient (Wildman–Crippen LogP) is 1.31. The van der Waals surface area contributed by atoms with Gasteiger partial charge in [-0.15, -0.1) is 0 Å². The Morgan fingerprint density at radius 1 is 1.41 bits per heavy atom. The number of halogens is 1. The van der Waals surface area contributed by atoms with Gasteiger partial charge in [0, 0.05) is 23.1 Å². The van der Waals surface area contributed by atoms with E-state index in [-0.39, 0.29) is 0 Å². The highest BCUT2D eigenvalue weighted by Gasteiger charge is 2.35. The molecule has 17 heavy (non-hydrogen) atoms. The van der Waals surface area contributed by atoms with Gasteiger partial charge in [-0.2, -0.15) is 0 Å². The average Bonchev–Trinajstić information content (AvgIpc) is 2.63. The summed E-state index contributed by atoms with van der Waals surface area (Å²) in [4.78, 5) is 12.9. The Morgan fingerprint density at radius 2 is 2.06 bits per heavy atom. The van der Waals surface area contributed by atoms with Crippen molar-refractivity contribution in [3.63, 3.8) is 0 Å². The van der Waals surface area contributed by atoms with Gasteiger partial charge in [0.25, 0.3) is 0 Å². The summed E-state index contributed by atoms with van der Waals surface area (Å²) >= 11 is 2.23. The van der Waals surface area contributed by atoms with E-state index in [9.17, 15) is 9.90 Å². The van der Waals surface area contributed by atoms with Crippen LogP contribution in [0.4, 0.5) is 0 Å². The van der Waals surface area contributed by atoms with Gasteiger partial charge in [-0.05, 0) is 40.3 Å². The first kappa shape index (κ1) is 12.8. The van der Waals surface area contributed by atoms with Crippen LogP contribution in [0, 0.1) is 3.57 Å². The normalized spacial score (nSPS) is 25.1. The van der Waals surface area contributed by atoms with Crippen LogP contribution in [0.1, 0.15) is 12.0 Å². The van der Waals surface area contributed by atoms with E-state index in [0.29, 0.717) is 19.5 Å². The van der Waals surface area contributed by atoms with E-state index in [1.165, 1.54) is 0 Å². The van der Waals surface area contributed by atoms with Gasteiger partial charge in [0.15, 0.2) is 0 Å². The van der Waals surface area contributed by atoms with Crippen LogP contribution >= 0.6 is 22.6 Å². The summed E-state index contributed by atoms with van der Waals surface area (Å²) in [7, 11) is 0. The molecule has 2 atom stereocenters. The molecule has 0 aromatic heterocycles. The zero-order chi connectivity index (χ0) is 12.4. The molecular formula is C12H14INO3. The molecule has 4 nitrogen and oxygen atoms in total. The van der Waals surface area contributed by atoms with Gasteiger partial charge >= 0.3 is 5.97 Å². The standard InChI is InChI=1S/C12H14INO3/c13-9-3-1-8(2-4-9)6-14-7-10(15)5-11(14)12(16)17/h1-4,10-11,15H,5-7H2,(H,16,17). The molecule has 1 aliphatic heterocycles. The third kappa shape index (κ3) is 3.17. The van der Waals surface area contributed by atoms with Crippen LogP contribution in [0.3, 0.4) is 0 Å². The Hall–Kier alpha value is -0.660. The summed E-state index contributed by atoms with van der Waals surface area (Å²) in [6.07, 6.45) is -0.209. The first-order chi connectivity index (χ1) is 8.06. The Bertz CT molecular complexity index is 407. The molecule has 0 spiro atoms. The minimum atomic E-state index is -0.855. The molecule has 92 valence electrons. The average molecular weight is 347 g/mol. The first-order valence-electron chi connectivity index (χ1n) is 5.45. The monoisotopic (exact) mass is 347 g/mol. The van der Waals surface area contributed by atoms with Crippen LogP contribution in [-0.4, -0.2) is 39.8 Å². The van der Waals surface area contributed by atoms with E-state index >= 15 is 0 Å². The fourth-order valence-electron chi connectivity index (χ4n) is 2.14. The summed E-state index contributed by atoms with van der Waals surface area (Å²) in [6, 6.07) is 7.41. The van der Waals surface area contributed by atoms with E-state index in [2.05, 4.69) is 22.6 Å². The molecule has 1 aliphatic rings. The molecule has 5 heteroatoms.